The Bertz CT molecular complexity index is 1560. The Morgan fingerprint density at radius 1 is 1.15 bits per heavy atom. The number of halogens is 3. The molecule has 0 N–H and O–H groups in total. The minimum atomic E-state index is -4.86. The maximum Gasteiger partial charge on any atom is 0.419 e. The molecule has 2 aromatic heterocycles. The van der Waals surface area contributed by atoms with Crippen LogP contribution in [0.4, 0.5) is 24.5 Å². The van der Waals surface area contributed by atoms with Crippen LogP contribution in [0, 0.1) is 17.2 Å². The number of carbonyl (C=O) groups excluding carboxylic acids is 2. The van der Waals surface area contributed by atoms with Crippen LogP contribution in [0.3, 0.4) is 0 Å². The third kappa shape index (κ3) is 4.04. The van der Waals surface area contributed by atoms with Crippen molar-refractivity contribution in [3.8, 4) is 6.07 Å². The Morgan fingerprint density at radius 2 is 1.90 bits per heavy atom. The number of fused-ring (bicyclic) bond motifs is 1. The number of nitrogens with zero attached hydrogens (tertiary/aromatic N) is 7. The predicted octanol–water partition coefficient (Wildman–Crippen LogP) is 3.83. The predicted molar refractivity (Wildman–Crippen MR) is 144 cm³/mol. The molecule has 2 unspecified atom stereocenters. The van der Waals surface area contributed by atoms with Gasteiger partial charge in [-0.15, -0.1) is 12.6 Å². The summed E-state index contributed by atoms with van der Waals surface area (Å²) in [6.45, 7) is 2.88. The molecule has 0 radical (unpaired) electrons. The lowest BCUT2D eigenvalue weighted by atomic mass is 9.73. The largest absolute Gasteiger partial charge is 0.419 e. The summed E-state index contributed by atoms with van der Waals surface area (Å²) in [6, 6.07) is 7.67. The van der Waals surface area contributed by atoms with Gasteiger partial charge >= 0.3 is 6.18 Å². The molecule has 0 bridgehead atoms. The van der Waals surface area contributed by atoms with Crippen molar-refractivity contribution in [3.63, 3.8) is 0 Å². The molecule has 2 atom stereocenters. The summed E-state index contributed by atoms with van der Waals surface area (Å²) in [5.74, 6) is -0.472. The van der Waals surface area contributed by atoms with E-state index >= 15 is 0 Å². The van der Waals surface area contributed by atoms with Crippen molar-refractivity contribution in [2.75, 3.05) is 29.9 Å². The van der Waals surface area contributed by atoms with Gasteiger partial charge in [0.2, 0.25) is 0 Å². The molecule has 1 spiro atoms. The number of benzene rings is 1. The van der Waals surface area contributed by atoms with Crippen molar-refractivity contribution in [2.45, 2.75) is 49.4 Å². The van der Waals surface area contributed by atoms with Gasteiger partial charge in [-0.05, 0) is 69.6 Å². The molecule has 208 valence electrons. The van der Waals surface area contributed by atoms with E-state index in [2.05, 4.69) is 34.7 Å². The van der Waals surface area contributed by atoms with Crippen LogP contribution in [0.15, 0.2) is 36.7 Å². The lowest BCUT2D eigenvalue weighted by Gasteiger charge is -2.42. The molecule has 4 heterocycles. The SMILES string of the molecule is CN1CCC(Cn2ncc3cc(N4C(S)N(c5cnc(C#N)c(C(F)(F)F)c5)C(=O)C45CCC5=O)ccc32)CC1. The van der Waals surface area contributed by atoms with Crippen LogP contribution in [-0.2, 0) is 22.3 Å². The topological polar surface area (TPSA) is 98.4 Å². The first-order valence-electron chi connectivity index (χ1n) is 13.0. The number of hydrogen-bond acceptors (Lipinski definition) is 8. The van der Waals surface area contributed by atoms with Gasteiger partial charge in [-0.25, -0.2) is 4.98 Å². The normalized spacial score (nSPS) is 24.2. The summed E-state index contributed by atoms with van der Waals surface area (Å²) in [5.41, 5.74) is -3.45. The Hall–Kier alpha value is -3.63. The van der Waals surface area contributed by atoms with Gasteiger partial charge in [-0.1, -0.05) is 0 Å². The van der Waals surface area contributed by atoms with Gasteiger partial charge < -0.3 is 9.80 Å². The number of nitriles is 1. The summed E-state index contributed by atoms with van der Waals surface area (Å²) in [5, 5.41) is 14.5. The summed E-state index contributed by atoms with van der Waals surface area (Å²) >= 11 is 4.64. The fourth-order valence-electron chi connectivity index (χ4n) is 6.02. The number of alkyl halides is 3. The second kappa shape index (κ2) is 9.49. The zero-order valence-electron chi connectivity index (χ0n) is 21.6. The molecule has 6 rings (SSSR count). The first-order valence-corrected chi connectivity index (χ1v) is 13.5. The number of pyridine rings is 1. The van der Waals surface area contributed by atoms with E-state index in [-0.39, 0.29) is 24.3 Å². The molecule has 2 saturated heterocycles. The molecular weight excluding hydrogens is 543 g/mol. The molecule has 3 fully saturated rings. The molecule has 3 aromatic rings. The van der Waals surface area contributed by atoms with Crippen molar-refractivity contribution < 1.29 is 22.8 Å². The highest BCUT2D eigenvalue weighted by molar-refractivity contribution is 7.81. The number of aromatic nitrogens is 3. The number of rotatable bonds is 4. The third-order valence-corrected chi connectivity index (χ3v) is 8.82. The summed E-state index contributed by atoms with van der Waals surface area (Å²) in [4.78, 5) is 35.4. The van der Waals surface area contributed by atoms with E-state index in [0.717, 1.165) is 54.5 Å². The molecule has 40 heavy (non-hydrogen) atoms. The molecule has 1 saturated carbocycles. The highest BCUT2D eigenvalue weighted by atomic mass is 32.1. The van der Waals surface area contributed by atoms with Crippen LogP contribution in [0.25, 0.3) is 10.9 Å². The van der Waals surface area contributed by atoms with Crippen LogP contribution in [-0.4, -0.2) is 62.5 Å². The van der Waals surface area contributed by atoms with Crippen molar-refractivity contribution in [2.24, 2.45) is 5.92 Å². The smallest absolute Gasteiger partial charge is 0.321 e. The van der Waals surface area contributed by atoms with Gasteiger partial charge in [0, 0.05) is 24.0 Å². The number of amides is 1. The van der Waals surface area contributed by atoms with Gasteiger partial charge in [0.25, 0.3) is 5.91 Å². The first-order chi connectivity index (χ1) is 19.0. The Kier molecular flexibility index (Phi) is 6.30. The fourth-order valence-corrected chi connectivity index (χ4v) is 6.59. The number of ketones is 1. The molecule has 1 aliphatic carbocycles. The number of piperidine rings is 1. The standard InChI is InChI=1S/C27H26F3N7O2S/c1-34-8-5-16(6-9-34)15-35-22-3-2-18(10-17(22)13-33-35)37-25(40)36(24(39)26(37)7-4-23(26)38)19-11-20(27(28,29)30)21(12-31)32-14-19/h2-3,10-11,13-14,16,25,40H,4-9,15H2,1H3. The average molecular weight is 570 g/mol. The molecular formula is C27H26F3N7O2S. The number of anilines is 2. The van der Waals surface area contributed by atoms with Gasteiger partial charge in [0.05, 0.1) is 29.2 Å². The van der Waals surface area contributed by atoms with E-state index in [1.54, 1.807) is 17.2 Å². The Labute approximate surface area is 233 Å². The van der Waals surface area contributed by atoms with Crippen molar-refractivity contribution in [1.29, 1.82) is 5.26 Å². The van der Waals surface area contributed by atoms with E-state index < -0.39 is 34.4 Å². The molecule has 1 aromatic carbocycles. The van der Waals surface area contributed by atoms with E-state index in [1.165, 1.54) is 6.07 Å². The van der Waals surface area contributed by atoms with Gasteiger partial charge in [0.15, 0.2) is 22.5 Å². The maximum absolute atomic E-state index is 13.8. The third-order valence-electron chi connectivity index (χ3n) is 8.36. The van der Waals surface area contributed by atoms with Crippen LogP contribution < -0.4 is 9.80 Å². The molecule has 2 aliphatic heterocycles. The zero-order chi connectivity index (χ0) is 28.4. The van der Waals surface area contributed by atoms with E-state index in [1.807, 2.05) is 16.8 Å². The zero-order valence-corrected chi connectivity index (χ0v) is 22.5. The lowest BCUT2D eigenvalue weighted by Crippen LogP contribution is -2.62. The highest BCUT2D eigenvalue weighted by Crippen LogP contribution is 2.49. The number of Topliss-reactive ketones (excluding diaryl/α,β-unsaturated/α-hetero) is 1. The van der Waals surface area contributed by atoms with E-state index in [9.17, 15) is 22.8 Å². The highest BCUT2D eigenvalue weighted by Gasteiger charge is 2.66. The molecule has 1 amide bonds. The fraction of sp³-hybridized carbons (Fsp3) is 0.444. The van der Waals surface area contributed by atoms with E-state index in [4.69, 9.17) is 5.26 Å². The van der Waals surface area contributed by atoms with E-state index in [0.29, 0.717) is 17.7 Å². The van der Waals surface area contributed by atoms with Crippen LogP contribution in [0.1, 0.15) is 36.9 Å². The van der Waals surface area contributed by atoms with Gasteiger partial charge in [0.1, 0.15) is 6.07 Å². The summed E-state index contributed by atoms with van der Waals surface area (Å²) in [6.07, 6.45) is 0.485. The Balaban J connectivity index is 1.36. The average Bonchev–Trinajstić information content (AvgIpc) is 3.43. The number of hydrogen-bond donors (Lipinski definition) is 1. The minimum absolute atomic E-state index is 0.173. The van der Waals surface area contributed by atoms with Crippen LogP contribution in [0.5, 0.6) is 0 Å². The minimum Gasteiger partial charge on any atom is -0.321 e. The molecule has 9 nitrogen and oxygen atoms in total. The summed E-state index contributed by atoms with van der Waals surface area (Å²) < 4.78 is 42.9. The second-order valence-electron chi connectivity index (χ2n) is 10.7. The quantitative estimate of drug-likeness (QED) is 0.377. The van der Waals surface area contributed by atoms with Gasteiger partial charge in [-0.2, -0.15) is 23.5 Å². The molecule has 13 heteroatoms. The number of thiol groups is 1. The van der Waals surface area contributed by atoms with Crippen molar-refractivity contribution in [1.82, 2.24) is 19.7 Å². The Morgan fingerprint density at radius 3 is 2.52 bits per heavy atom. The molecule has 3 aliphatic rings. The van der Waals surface area contributed by atoms with Crippen LogP contribution >= 0.6 is 12.6 Å². The monoisotopic (exact) mass is 569 g/mol. The van der Waals surface area contributed by atoms with Crippen molar-refractivity contribution >= 4 is 46.6 Å². The number of likely N-dealkylation sites (tertiary alicyclic amines) is 1. The van der Waals surface area contributed by atoms with Crippen molar-refractivity contribution in [3.05, 3.63) is 47.9 Å². The number of carbonyl (C=O) groups is 2. The summed E-state index contributed by atoms with van der Waals surface area (Å²) in [7, 11) is 2.12. The maximum atomic E-state index is 13.8. The first kappa shape index (κ1) is 26.6. The van der Waals surface area contributed by atoms with Gasteiger partial charge in [-0.3, -0.25) is 19.2 Å². The van der Waals surface area contributed by atoms with Crippen LogP contribution in [0.2, 0.25) is 0 Å². The second-order valence-corrected chi connectivity index (χ2v) is 11.2. The lowest BCUT2D eigenvalue weighted by molar-refractivity contribution is -0.140.